The average molecular weight is 286 g/mol. The number of aromatic nitrogens is 1. The molecule has 3 rings (SSSR count). The molecule has 0 spiro atoms. The Balaban J connectivity index is 1.55. The maximum Gasteiger partial charge on any atom is 0.178 e. The predicted molar refractivity (Wildman–Crippen MR) is 61.0 cm³/mol. The van der Waals surface area contributed by atoms with Crippen LogP contribution in [-0.4, -0.2) is 35.4 Å². The third-order valence-corrected chi connectivity index (χ3v) is 3.42. The highest BCUT2D eigenvalue weighted by atomic mass is 79.9. The molecular formula is C10H12BrN3O2. The van der Waals surface area contributed by atoms with Crippen LogP contribution in [0, 0.1) is 5.92 Å². The second kappa shape index (κ2) is 4.18. The van der Waals surface area contributed by atoms with Crippen molar-refractivity contribution in [1.82, 2.24) is 10.1 Å². The molecule has 0 saturated carbocycles. The lowest BCUT2D eigenvalue weighted by Crippen LogP contribution is -2.23. The molecule has 2 aliphatic heterocycles. The first-order chi connectivity index (χ1) is 7.81. The second-order valence-corrected chi connectivity index (χ2v) is 5.01. The smallest absolute Gasteiger partial charge is 0.178 e. The van der Waals surface area contributed by atoms with Crippen LogP contribution in [0.15, 0.2) is 20.3 Å². The summed E-state index contributed by atoms with van der Waals surface area (Å²) < 4.78 is 5.67. The lowest BCUT2D eigenvalue weighted by Gasteiger charge is -2.12. The van der Waals surface area contributed by atoms with Gasteiger partial charge in [0.05, 0.1) is 5.71 Å². The number of piperidine rings is 1. The Kier molecular flexibility index (Phi) is 2.69. The molecule has 16 heavy (non-hydrogen) atoms. The van der Waals surface area contributed by atoms with E-state index in [1.807, 2.05) is 0 Å². The number of oxime groups is 1. The van der Waals surface area contributed by atoms with E-state index >= 15 is 0 Å². The van der Waals surface area contributed by atoms with Crippen molar-refractivity contribution < 1.29 is 9.36 Å². The molecule has 2 fully saturated rings. The normalized spacial score (nSPS) is 30.2. The topological polar surface area (TPSA) is 50.9 Å². The zero-order valence-electron chi connectivity index (χ0n) is 8.73. The van der Waals surface area contributed by atoms with Gasteiger partial charge in [0.15, 0.2) is 12.4 Å². The van der Waals surface area contributed by atoms with Gasteiger partial charge in [-0.05, 0) is 28.9 Å². The molecule has 1 aromatic rings. The van der Waals surface area contributed by atoms with Gasteiger partial charge in [0.25, 0.3) is 0 Å². The van der Waals surface area contributed by atoms with Crippen molar-refractivity contribution in [2.75, 3.05) is 19.6 Å². The average Bonchev–Trinajstić information content (AvgIpc) is 2.94. The minimum absolute atomic E-state index is 0.342. The largest absolute Gasteiger partial charge is 0.387 e. The monoisotopic (exact) mass is 285 g/mol. The standard InChI is InChI=1S/C10H12BrN3O2/c11-10-3-8(16-13-10)6-15-12-9-5-14-2-1-7(9)4-14/h3,7H,1-2,4-6H2. The Hall–Kier alpha value is -0.880. The van der Waals surface area contributed by atoms with Crippen LogP contribution in [0.2, 0.25) is 0 Å². The van der Waals surface area contributed by atoms with Crippen molar-refractivity contribution in [3.8, 4) is 0 Å². The first-order valence-corrected chi connectivity index (χ1v) is 6.13. The summed E-state index contributed by atoms with van der Waals surface area (Å²) in [4.78, 5) is 7.68. The zero-order valence-corrected chi connectivity index (χ0v) is 10.3. The summed E-state index contributed by atoms with van der Waals surface area (Å²) in [6.07, 6.45) is 1.22. The molecule has 6 heteroatoms. The minimum atomic E-state index is 0.342. The van der Waals surface area contributed by atoms with E-state index in [-0.39, 0.29) is 0 Å². The summed E-state index contributed by atoms with van der Waals surface area (Å²) in [6.45, 7) is 3.66. The van der Waals surface area contributed by atoms with Crippen molar-refractivity contribution in [2.24, 2.45) is 11.1 Å². The van der Waals surface area contributed by atoms with E-state index in [1.54, 1.807) is 6.07 Å². The maximum absolute atomic E-state index is 5.28. The molecule has 2 aliphatic rings. The Bertz CT molecular complexity index is 418. The fraction of sp³-hybridized carbons (Fsp3) is 0.600. The summed E-state index contributed by atoms with van der Waals surface area (Å²) in [5.41, 5.74) is 1.17. The van der Waals surface area contributed by atoms with Gasteiger partial charge in [0.1, 0.15) is 4.60 Å². The van der Waals surface area contributed by atoms with Crippen LogP contribution in [0.3, 0.4) is 0 Å². The van der Waals surface area contributed by atoms with Gasteiger partial charge in [-0.1, -0.05) is 10.3 Å². The van der Waals surface area contributed by atoms with Crippen molar-refractivity contribution in [3.05, 3.63) is 16.4 Å². The fourth-order valence-electron chi connectivity index (χ4n) is 2.24. The minimum Gasteiger partial charge on any atom is -0.387 e. The van der Waals surface area contributed by atoms with Gasteiger partial charge in [-0.2, -0.15) is 0 Å². The van der Waals surface area contributed by atoms with Gasteiger partial charge in [0, 0.05) is 25.1 Å². The summed E-state index contributed by atoms with van der Waals surface area (Å²) in [5.74, 6) is 1.29. The maximum atomic E-state index is 5.28. The van der Waals surface area contributed by atoms with Crippen LogP contribution in [0.25, 0.3) is 0 Å². The molecule has 1 aromatic heterocycles. The molecule has 0 N–H and O–H groups in total. The van der Waals surface area contributed by atoms with Gasteiger partial charge in [0.2, 0.25) is 0 Å². The van der Waals surface area contributed by atoms with Crippen molar-refractivity contribution in [2.45, 2.75) is 13.0 Å². The molecule has 0 radical (unpaired) electrons. The Morgan fingerprint density at radius 1 is 1.69 bits per heavy atom. The van der Waals surface area contributed by atoms with E-state index in [9.17, 15) is 0 Å². The fourth-order valence-corrected chi connectivity index (χ4v) is 2.57. The Morgan fingerprint density at radius 3 is 3.25 bits per heavy atom. The van der Waals surface area contributed by atoms with Gasteiger partial charge in [-0.3, -0.25) is 4.90 Å². The Labute approximate surface area is 102 Å². The van der Waals surface area contributed by atoms with Crippen LogP contribution < -0.4 is 0 Å². The SMILES string of the molecule is Brc1cc(CON=C2CN3CCC2C3)on1. The van der Waals surface area contributed by atoms with Crippen LogP contribution in [0.1, 0.15) is 12.2 Å². The highest BCUT2D eigenvalue weighted by Gasteiger charge is 2.35. The number of fused-ring (bicyclic) bond motifs is 2. The predicted octanol–water partition coefficient (Wildman–Crippen LogP) is 1.65. The zero-order chi connectivity index (χ0) is 11.0. The lowest BCUT2D eigenvalue weighted by molar-refractivity contribution is 0.107. The highest BCUT2D eigenvalue weighted by molar-refractivity contribution is 9.10. The van der Waals surface area contributed by atoms with E-state index in [0.717, 1.165) is 13.1 Å². The molecule has 0 aromatic carbocycles. The second-order valence-electron chi connectivity index (χ2n) is 4.19. The quantitative estimate of drug-likeness (QED) is 0.793. The molecule has 86 valence electrons. The summed E-state index contributed by atoms with van der Waals surface area (Å²) in [7, 11) is 0. The number of hydrogen-bond donors (Lipinski definition) is 0. The summed E-state index contributed by atoms with van der Waals surface area (Å²) >= 11 is 3.21. The van der Waals surface area contributed by atoms with E-state index in [4.69, 9.17) is 9.36 Å². The van der Waals surface area contributed by atoms with Crippen molar-refractivity contribution in [3.63, 3.8) is 0 Å². The third kappa shape index (κ3) is 1.99. The Morgan fingerprint density at radius 2 is 2.62 bits per heavy atom. The van der Waals surface area contributed by atoms with E-state index in [1.165, 1.54) is 18.7 Å². The highest BCUT2D eigenvalue weighted by Crippen LogP contribution is 2.25. The molecular weight excluding hydrogens is 274 g/mol. The van der Waals surface area contributed by atoms with E-state index < -0.39 is 0 Å². The summed E-state index contributed by atoms with van der Waals surface area (Å²) in [5, 5.41) is 7.89. The molecule has 2 saturated heterocycles. The number of rotatable bonds is 3. The summed E-state index contributed by atoms with van der Waals surface area (Å²) in [6, 6.07) is 1.78. The first kappa shape index (κ1) is 10.3. The molecule has 2 atom stereocenters. The lowest BCUT2D eigenvalue weighted by atomic mass is 10.0. The third-order valence-electron chi connectivity index (χ3n) is 3.05. The van der Waals surface area contributed by atoms with Gasteiger partial charge in [-0.25, -0.2) is 0 Å². The molecule has 5 nitrogen and oxygen atoms in total. The van der Waals surface area contributed by atoms with E-state index in [0.29, 0.717) is 22.9 Å². The number of halogens is 1. The number of nitrogens with zero attached hydrogens (tertiary/aromatic N) is 3. The van der Waals surface area contributed by atoms with Crippen LogP contribution in [0.4, 0.5) is 0 Å². The molecule has 0 aliphatic carbocycles. The van der Waals surface area contributed by atoms with Gasteiger partial charge >= 0.3 is 0 Å². The van der Waals surface area contributed by atoms with Gasteiger partial charge in [-0.15, -0.1) is 0 Å². The molecule has 0 amide bonds. The van der Waals surface area contributed by atoms with Crippen LogP contribution >= 0.6 is 15.9 Å². The first-order valence-electron chi connectivity index (χ1n) is 5.33. The number of hydrogen-bond acceptors (Lipinski definition) is 5. The van der Waals surface area contributed by atoms with Crippen LogP contribution in [0.5, 0.6) is 0 Å². The molecule has 2 unspecified atom stereocenters. The molecule has 2 bridgehead atoms. The van der Waals surface area contributed by atoms with Crippen molar-refractivity contribution in [1.29, 1.82) is 0 Å². The van der Waals surface area contributed by atoms with Gasteiger partial charge < -0.3 is 9.36 Å². The van der Waals surface area contributed by atoms with E-state index in [2.05, 4.69) is 31.1 Å². The molecule has 3 heterocycles. The van der Waals surface area contributed by atoms with Crippen LogP contribution in [-0.2, 0) is 11.4 Å². The van der Waals surface area contributed by atoms with Crippen molar-refractivity contribution >= 4 is 21.6 Å².